The Kier molecular flexibility index (Phi) is 3.90. The smallest absolute Gasteiger partial charge is 0.225 e. The molecule has 3 atom stereocenters. The minimum atomic E-state index is -0.501. The van der Waals surface area contributed by atoms with E-state index in [4.69, 9.17) is 0 Å². The highest BCUT2D eigenvalue weighted by Crippen LogP contribution is 2.62. The molecule has 6 fully saturated rings. The van der Waals surface area contributed by atoms with E-state index in [1.807, 2.05) is 4.90 Å². The van der Waals surface area contributed by atoms with Gasteiger partial charge in [-0.05, 0) is 81.5 Å². The third-order valence-electron chi connectivity index (χ3n) is 7.75. The van der Waals surface area contributed by atoms with Crippen molar-refractivity contribution in [2.24, 2.45) is 23.2 Å². The number of nitrogens with zero attached hydrogens (tertiary/aromatic N) is 1. The lowest BCUT2D eigenvalue weighted by Gasteiger charge is -2.60. The molecule has 6 aliphatic rings. The molecule has 144 valence electrons. The molecule has 5 aliphatic carbocycles. The van der Waals surface area contributed by atoms with Gasteiger partial charge in [0.1, 0.15) is 0 Å². The van der Waals surface area contributed by atoms with Crippen molar-refractivity contribution in [1.29, 1.82) is 0 Å². The summed E-state index contributed by atoms with van der Waals surface area (Å²) in [6, 6.07) is 0.390. The Labute approximate surface area is 155 Å². The average molecular weight is 360 g/mol. The van der Waals surface area contributed by atoms with Crippen LogP contribution in [0.25, 0.3) is 0 Å². The summed E-state index contributed by atoms with van der Waals surface area (Å²) in [5.74, 6) is 1.57. The van der Waals surface area contributed by atoms with Crippen molar-refractivity contribution >= 4 is 11.8 Å². The normalized spacial score (nSPS) is 44.2. The quantitative estimate of drug-likeness (QED) is 0.808. The van der Waals surface area contributed by atoms with Crippen LogP contribution in [0.2, 0.25) is 0 Å². The zero-order valence-corrected chi connectivity index (χ0v) is 15.7. The Morgan fingerprint density at radius 2 is 1.81 bits per heavy atom. The van der Waals surface area contributed by atoms with Gasteiger partial charge in [-0.25, -0.2) is 0 Å². The van der Waals surface area contributed by atoms with Crippen LogP contribution in [0.3, 0.4) is 0 Å². The van der Waals surface area contributed by atoms with Crippen molar-refractivity contribution in [1.82, 2.24) is 10.2 Å². The van der Waals surface area contributed by atoms with Crippen LogP contribution in [0.15, 0.2) is 0 Å². The first-order valence-electron chi connectivity index (χ1n) is 10.7. The van der Waals surface area contributed by atoms with E-state index in [1.165, 1.54) is 6.42 Å². The van der Waals surface area contributed by atoms with E-state index < -0.39 is 5.60 Å². The molecule has 1 aliphatic heterocycles. The largest absolute Gasteiger partial charge is 0.390 e. The maximum Gasteiger partial charge on any atom is 0.225 e. The first kappa shape index (κ1) is 17.0. The molecule has 2 amide bonds. The number of carbonyl (C=O) groups excluding carboxylic acids is 2. The number of hydrogen-bond acceptors (Lipinski definition) is 3. The van der Waals surface area contributed by atoms with Crippen LogP contribution in [-0.4, -0.2) is 46.6 Å². The average Bonchev–Trinajstić information content (AvgIpc) is 3.36. The fourth-order valence-electron chi connectivity index (χ4n) is 7.01. The molecular formula is C21H32N2O3. The SMILES string of the molecule is O=C(NC1CC1)C1CCCN(C(=O)CC23CC4CC(CC(O)(C4)C2)C3)C1. The van der Waals surface area contributed by atoms with Gasteiger partial charge in [-0.15, -0.1) is 0 Å². The summed E-state index contributed by atoms with van der Waals surface area (Å²) in [5, 5.41) is 14.0. The Balaban J connectivity index is 1.23. The molecule has 1 heterocycles. The van der Waals surface area contributed by atoms with Crippen LogP contribution in [0.4, 0.5) is 0 Å². The lowest BCUT2D eigenvalue weighted by Crippen LogP contribution is -2.57. The van der Waals surface area contributed by atoms with Gasteiger partial charge >= 0.3 is 0 Å². The fourth-order valence-corrected chi connectivity index (χ4v) is 7.01. The van der Waals surface area contributed by atoms with Crippen molar-refractivity contribution < 1.29 is 14.7 Å². The molecular weight excluding hydrogens is 328 g/mol. The summed E-state index contributed by atoms with van der Waals surface area (Å²) < 4.78 is 0. The number of nitrogens with one attached hydrogen (secondary N) is 1. The Morgan fingerprint density at radius 1 is 1.08 bits per heavy atom. The molecule has 3 unspecified atom stereocenters. The Bertz CT molecular complexity index is 600. The molecule has 6 rings (SSSR count). The van der Waals surface area contributed by atoms with Gasteiger partial charge < -0.3 is 15.3 Å². The van der Waals surface area contributed by atoms with E-state index in [9.17, 15) is 14.7 Å². The molecule has 5 heteroatoms. The Hall–Kier alpha value is -1.10. The lowest BCUT2D eigenvalue weighted by atomic mass is 9.47. The molecule has 0 radical (unpaired) electrons. The van der Waals surface area contributed by atoms with E-state index in [-0.39, 0.29) is 23.1 Å². The molecule has 2 N–H and O–H groups in total. The van der Waals surface area contributed by atoms with Crippen molar-refractivity contribution in [3.63, 3.8) is 0 Å². The van der Waals surface area contributed by atoms with Crippen LogP contribution < -0.4 is 5.32 Å². The number of rotatable bonds is 4. The molecule has 5 saturated carbocycles. The Morgan fingerprint density at radius 3 is 2.46 bits per heavy atom. The monoisotopic (exact) mass is 360 g/mol. The van der Waals surface area contributed by atoms with Gasteiger partial charge in [-0.1, -0.05) is 0 Å². The molecule has 0 aromatic rings. The van der Waals surface area contributed by atoms with Crippen molar-refractivity contribution in [3.05, 3.63) is 0 Å². The van der Waals surface area contributed by atoms with Crippen LogP contribution in [0.1, 0.15) is 70.6 Å². The minimum absolute atomic E-state index is 0.0269. The molecule has 0 aromatic heterocycles. The second kappa shape index (κ2) is 5.95. The molecule has 1 saturated heterocycles. The number of amides is 2. The molecule has 0 aromatic carbocycles. The summed E-state index contributed by atoms with van der Waals surface area (Å²) in [4.78, 5) is 27.4. The summed E-state index contributed by atoms with van der Waals surface area (Å²) in [5.41, 5.74) is -0.474. The topological polar surface area (TPSA) is 69.6 Å². The molecule has 5 nitrogen and oxygen atoms in total. The van der Waals surface area contributed by atoms with Gasteiger partial charge in [0.15, 0.2) is 0 Å². The van der Waals surface area contributed by atoms with E-state index in [1.54, 1.807) is 0 Å². The number of piperidine rings is 1. The summed E-state index contributed by atoms with van der Waals surface area (Å²) in [6.07, 6.45) is 10.8. The van der Waals surface area contributed by atoms with Gasteiger partial charge in [0.2, 0.25) is 11.8 Å². The highest BCUT2D eigenvalue weighted by Gasteiger charge is 2.57. The maximum atomic E-state index is 13.1. The standard InChI is InChI=1S/C21H32N2O3/c24-18(23-5-1-2-16(12-23)19(25)22-17-3-4-17)11-20-7-14-6-15(8-20)10-21(26,9-14)13-20/h14-17,26H,1-13H2,(H,22,25). The first-order valence-corrected chi connectivity index (χ1v) is 10.7. The lowest BCUT2D eigenvalue weighted by molar-refractivity contribution is -0.172. The minimum Gasteiger partial charge on any atom is -0.390 e. The first-order chi connectivity index (χ1) is 12.4. The highest BCUT2D eigenvalue weighted by molar-refractivity contribution is 5.82. The number of hydrogen-bond donors (Lipinski definition) is 2. The zero-order valence-electron chi connectivity index (χ0n) is 15.7. The molecule has 4 bridgehead atoms. The number of aliphatic hydroxyl groups is 1. The van der Waals surface area contributed by atoms with E-state index in [2.05, 4.69) is 5.32 Å². The van der Waals surface area contributed by atoms with E-state index in [0.29, 0.717) is 30.8 Å². The number of carbonyl (C=O) groups is 2. The van der Waals surface area contributed by atoms with Crippen LogP contribution in [0.5, 0.6) is 0 Å². The van der Waals surface area contributed by atoms with Crippen molar-refractivity contribution in [2.75, 3.05) is 13.1 Å². The van der Waals surface area contributed by atoms with Crippen molar-refractivity contribution in [2.45, 2.75) is 82.3 Å². The van der Waals surface area contributed by atoms with Gasteiger partial charge in [0.05, 0.1) is 11.5 Å². The predicted octanol–water partition coefficient (Wildman–Crippen LogP) is 2.22. The summed E-state index contributed by atoms with van der Waals surface area (Å²) in [7, 11) is 0. The maximum absolute atomic E-state index is 13.1. The van der Waals surface area contributed by atoms with Crippen molar-refractivity contribution in [3.8, 4) is 0 Å². The molecule has 26 heavy (non-hydrogen) atoms. The molecule has 0 spiro atoms. The second-order valence-electron chi connectivity index (χ2n) is 10.3. The summed E-state index contributed by atoms with van der Waals surface area (Å²) in [6.45, 7) is 1.38. The van der Waals surface area contributed by atoms with E-state index >= 15 is 0 Å². The van der Waals surface area contributed by atoms with Crippen LogP contribution in [0, 0.1) is 23.2 Å². The van der Waals surface area contributed by atoms with Gasteiger partial charge in [-0.2, -0.15) is 0 Å². The number of likely N-dealkylation sites (tertiary alicyclic amines) is 1. The van der Waals surface area contributed by atoms with Gasteiger partial charge in [-0.3, -0.25) is 9.59 Å². The van der Waals surface area contributed by atoms with Gasteiger partial charge in [0.25, 0.3) is 0 Å². The fraction of sp³-hybridized carbons (Fsp3) is 0.905. The highest BCUT2D eigenvalue weighted by atomic mass is 16.3. The predicted molar refractivity (Wildman–Crippen MR) is 97.2 cm³/mol. The van der Waals surface area contributed by atoms with Crippen LogP contribution >= 0.6 is 0 Å². The van der Waals surface area contributed by atoms with E-state index in [0.717, 1.165) is 64.3 Å². The second-order valence-corrected chi connectivity index (χ2v) is 10.3. The summed E-state index contributed by atoms with van der Waals surface area (Å²) >= 11 is 0. The third-order valence-corrected chi connectivity index (χ3v) is 7.75. The van der Waals surface area contributed by atoms with Crippen LogP contribution in [-0.2, 0) is 9.59 Å². The van der Waals surface area contributed by atoms with Gasteiger partial charge in [0, 0.05) is 25.6 Å². The third kappa shape index (κ3) is 3.17. The zero-order chi connectivity index (χ0) is 17.9.